The summed E-state index contributed by atoms with van der Waals surface area (Å²) in [5, 5.41) is 5.16. The molecule has 0 saturated carbocycles. The van der Waals surface area contributed by atoms with Crippen LogP contribution in [0.25, 0.3) is 0 Å². The average Bonchev–Trinajstić information content (AvgIpc) is 2.68. The van der Waals surface area contributed by atoms with Gasteiger partial charge in [-0.2, -0.15) is 4.99 Å². The predicted octanol–water partition coefficient (Wildman–Crippen LogP) is 7.89. The van der Waals surface area contributed by atoms with Gasteiger partial charge in [0.1, 0.15) is 0 Å². The van der Waals surface area contributed by atoms with Crippen LogP contribution in [0, 0.1) is 5.41 Å². The summed E-state index contributed by atoms with van der Waals surface area (Å²) in [6.45, 7) is 10.9. The molecule has 4 heteroatoms. The fourth-order valence-corrected chi connectivity index (χ4v) is 3.84. The molecule has 1 aromatic rings. The second-order valence-electron chi connectivity index (χ2n) is 8.66. The number of allylic oxidation sites excluding steroid dienone is 9. The van der Waals surface area contributed by atoms with E-state index in [1.807, 2.05) is 19.1 Å². The zero-order valence-electron chi connectivity index (χ0n) is 19.2. The number of aliphatic imine (C=N–C) groups is 1. The minimum atomic E-state index is -0.171. The summed E-state index contributed by atoms with van der Waals surface area (Å²) in [5.74, 6) is -0.171. The van der Waals surface area contributed by atoms with Crippen LogP contribution < -0.4 is 5.32 Å². The van der Waals surface area contributed by atoms with Gasteiger partial charge in [0, 0.05) is 11.8 Å². The van der Waals surface area contributed by atoms with E-state index >= 15 is 0 Å². The van der Waals surface area contributed by atoms with Crippen LogP contribution in [0.4, 0.5) is 11.4 Å². The van der Waals surface area contributed by atoms with Crippen molar-refractivity contribution in [2.75, 3.05) is 5.32 Å². The molecule has 0 fully saturated rings. The molecule has 0 unspecified atom stereocenters. The van der Waals surface area contributed by atoms with E-state index in [0.717, 1.165) is 5.57 Å². The number of hydrogen-bond donors (Lipinski definition) is 1. The number of amides is 1. The van der Waals surface area contributed by atoms with Crippen molar-refractivity contribution >= 4 is 34.7 Å². The van der Waals surface area contributed by atoms with E-state index in [4.69, 9.17) is 0 Å². The molecule has 1 aliphatic rings. The van der Waals surface area contributed by atoms with Crippen LogP contribution in [0.15, 0.2) is 88.0 Å². The highest BCUT2D eigenvalue weighted by Gasteiger charge is 2.26. The lowest BCUT2D eigenvalue weighted by Crippen LogP contribution is -2.19. The zero-order valence-corrected chi connectivity index (χ0v) is 20.0. The molecule has 1 aliphatic carbocycles. The monoisotopic (exact) mass is 432 g/mol. The highest BCUT2D eigenvalue weighted by Crippen LogP contribution is 2.40. The molecule has 0 aliphatic heterocycles. The van der Waals surface area contributed by atoms with Gasteiger partial charge in [0.15, 0.2) is 0 Å². The van der Waals surface area contributed by atoms with E-state index in [2.05, 4.69) is 73.6 Å². The quantitative estimate of drug-likeness (QED) is 0.206. The van der Waals surface area contributed by atoms with Gasteiger partial charge in [-0.1, -0.05) is 55.4 Å². The number of thiocarbonyl (C=S) groups is 1. The molecule has 0 aromatic heterocycles. The van der Waals surface area contributed by atoms with Crippen LogP contribution in [-0.4, -0.2) is 11.1 Å². The Bertz CT molecular complexity index is 998. The zero-order chi connectivity index (χ0) is 22.9. The largest absolute Gasteiger partial charge is 0.323 e. The number of rotatable bonds is 7. The topological polar surface area (TPSA) is 41.5 Å². The van der Waals surface area contributed by atoms with Crippen LogP contribution in [0.2, 0.25) is 0 Å². The van der Waals surface area contributed by atoms with E-state index < -0.39 is 0 Å². The van der Waals surface area contributed by atoms with Crippen molar-refractivity contribution in [1.29, 1.82) is 0 Å². The lowest BCUT2D eigenvalue weighted by molar-refractivity contribution is -0.111. The molecule has 0 heterocycles. The Morgan fingerprint density at radius 3 is 2.52 bits per heavy atom. The third kappa shape index (κ3) is 8.09. The fourth-order valence-electron chi connectivity index (χ4n) is 3.74. The van der Waals surface area contributed by atoms with Crippen molar-refractivity contribution < 1.29 is 4.79 Å². The Balaban J connectivity index is 1.95. The van der Waals surface area contributed by atoms with Crippen molar-refractivity contribution in [3.8, 4) is 0 Å². The molecule has 0 spiro atoms. The van der Waals surface area contributed by atoms with Gasteiger partial charge in [-0.05, 0) is 93.1 Å². The molecule has 2 rings (SSSR count). The lowest BCUT2D eigenvalue weighted by atomic mass is 9.72. The molecule has 0 saturated heterocycles. The Hall–Kier alpha value is -2.81. The number of anilines is 1. The van der Waals surface area contributed by atoms with E-state index in [1.165, 1.54) is 36.0 Å². The predicted molar refractivity (Wildman–Crippen MR) is 136 cm³/mol. The van der Waals surface area contributed by atoms with Crippen molar-refractivity contribution in [2.24, 2.45) is 10.4 Å². The van der Waals surface area contributed by atoms with Gasteiger partial charge >= 0.3 is 0 Å². The Morgan fingerprint density at radius 2 is 1.87 bits per heavy atom. The maximum Gasteiger partial charge on any atom is 0.248 e. The molecule has 3 nitrogen and oxygen atoms in total. The number of hydrogen-bond acceptors (Lipinski definition) is 3. The summed E-state index contributed by atoms with van der Waals surface area (Å²) in [5.41, 5.74) is 6.68. The van der Waals surface area contributed by atoms with E-state index in [0.29, 0.717) is 11.4 Å². The average molecular weight is 433 g/mol. The maximum absolute atomic E-state index is 12.2. The maximum atomic E-state index is 12.2. The molecular formula is C27H32N2OS. The molecule has 0 atom stereocenters. The second kappa shape index (κ2) is 11.5. The third-order valence-corrected chi connectivity index (χ3v) is 5.53. The third-order valence-electron chi connectivity index (χ3n) is 5.44. The smallest absolute Gasteiger partial charge is 0.248 e. The highest BCUT2D eigenvalue weighted by atomic mass is 32.1. The second-order valence-corrected chi connectivity index (χ2v) is 8.84. The van der Waals surface area contributed by atoms with Crippen LogP contribution in [-0.2, 0) is 4.79 Å². The van der Waals surface area contributed by atoms with Crippen molar-refractivity contribution in [3.05, 3.63) is 83.0 Å². The van der Waals surface area contributed by atoms with Crippen LogP contribution in [0.3, 0.4) is 0 Å². The lowest BCUT2D eigenvalue weighted by Gasteiger charge is -2.32. The van der Waals surface area contributed by atoms with Gasteiger partial charge < -0.3 is 5.32 Å². The van der Waals surface area contributed by atoms with Crippen LogP contribution in [0.1, 0.15) is 53.9 Å². The molecule has 1 aromatic carbocycles. The van der Waals surface area contributed by atoms with E-state index in [-0.39, 0.29) is 11.3 Å². The molecule has 1 amide bonds. The molecule has 162 valence electrons. The first-order chi connectivity index (χ1) is 14.7. The minimum absolute atomic E-state index is 0.171. The minimum Gasteiger partial charge on any atom is -0.323 e. The van der Waals surface area contributed by atoms with Crippen molar-refractivity contribution in [2.45, 2.75) is 53.9 Å². The number of carbonyl (C=O) groups excluding carboxylic acids is 1. The molecule has 31 heavy (non-hydrogen) atoms. The Kier molecular flexibility index (Phi) is 9.11. The summed E-state index contributed by atoms with van der Waals surface area (Å²) >= 11 is 4.58. The number of nitrogens with zero attached hydrogens (tertiary/aromatic N) is 1. The van der Waals surface area contributed by atoms with E-state index in [9.17, 15) is 4.79 Å². The van der Waals surface area contributed by atoms with Crippen molar-refractivity contribution in [1.82, 2.24) is 0 Å². The van der Waals surface area contributed by atoms with E-state index in [1.54, 1.807) is 30.3 Å². The van der Waals surface area contributed by atoms with Gasteiger partial charge in [0.25, 0.3) is 0 Å². The standard InChI is InChI=1S/C27H32N2OS/c1-20(11-16-25-22(3)10-7-17-27(25,4)5)8-6-9-21(2)18-26(30)29-24-14-12-23(13-15-24)28-19-31/h6,8-9,11-16,18H,7,10,17H2,1-5H3,(H,29,30). The van der Waals surface area contributed by atoms with Gasteiger partial charge in [0.05, 0.1) is 10.8 Å². The number of nitrogens with one attached hydrogen (secondary N) is 1. The molecule has 0 radical (unpaired) electrons. The molecule has 1 N–H and O–H groups in total. The van der Waals surface area contributed by atoms with Crippen molar-refractivity contribution in [3.63, 3.8) is 0 Å². The number of carbonyl (C=O) groups is 1. The fraction of sp³-hybridized carbons (Fsp3) is 0.333. The normalized spacial score (nSPS) is 17.2. The van der Waals surface area contributed by atoms with Gasteiger partial charge in [-0.3, -0.25) is 4.79 Å². The first kappa shape index (κ1) is 24.5. The van der Waals surface area contributed by atoms with Gasteiger partial charge in [-0.15, -0.1) is 0 Å². The summed E-state index contributed by atoms with van der Waals surface area (Å²) < 4.78 is 0. The Labute approximate surface area is 192 Å². The summed E-state index contributed by atoms with van der Waals surface area (Å²) in [7, 11) is 0. The Morgan fingerprint density at radius 1 is 1.16 bits per heavy atom. The molecule has 0 bridgehead atoms. The summed E-state index contributed by atoms with van der Waals surface area (Å²) in [6, 6.07) is 7.12. The van der Waals surface area contributed by atoms with Crippen LogP contribution >= 0.6 is 12.2 Å². The number of benzene rings is 1. The summed E-state index contributed by atoms with van der Waals surface area (Å²) in [6.07, 6.45) is 15.7. The number of isothiocyanates is 1. The first-order valence-electron chi connectivity index (χ1n) is 10.6. The molecular weight excluding hydrogens is 400 g/mol. The van der Waals surface area contributed by atoms with Gasteiger partial charge in [0.2, 0.25) is 5.91 Å². The highest BCUT2D eigenvalue weighted by molar-refractivity contribution is 7.78. The van der Waals surface area contributed by atoms with Crippen LogP contribution in [0.5, 0.6) is 0 Å². The SMILES string of the molecule is CC(C=CC1=C(C)CCCC1(C)C)=CC=CC(C)=CC(=O)Nc1ccc(N=C=S)cc1. The first-order valence-corrected chi connectivity index (χ1v) is 11.0. The summed E-state index contributed by atoms with van der Waals surface area (Å²) in [4.78, 5) is 16.1. The van der Waals surface area contributed by atoms with Gasteiger partial charge in [-0.25, -0.2) is 0 Å².